The number of halogens is 8. The van der Waals surface area contributed by atoms with Crippen molar-refractivity contribution in [3.8, 4) is 0 Å². The number of hydrogen-bond acceptors (Lipinski definition) is 1. The summed E-state index contributed by atoms with van der Waals surface area (Å²) in [5.74, 6) is -5.13. The predicted octanol–water partition coefficient (Wildman–Crippen LogP) is 4.33. The van der Waals surface area contributed by atoms with Gasteiger partial charge >= 0.3 is 18.3 Å². The minimum atomic E-state index is -5.83. The second-order valence-electron chi connectivity index (χ2n) is 4.04. The van der Waals surface area contributed by atoms with E-state index in [9.17, 15) is 40.2 Å². The van der Waals surface area contributed by atoms with Crippen molar-refractivity contribution in [1.82, 2.24) is 0 Å². The highest BCUT2D eigenvalue weighted by atomic mass is 19.4. The fourth-order valence-corrected chi connectivity index (χ4v) is 1.37. The monoisotopic (exact) mass is 308 g/mol. The SMILES string of the molecule is OC(CC(F)(F)C(F)(F)F)c1ccc(C(F)(F)F)cc1. The molecule has 114 valence electrons. The smallest absolute Gasteiger partial charge is 0.388 e. The molecule has 0 bridgehead atoms. The van der Waals surface area contributed by atoms with Crippen molar-refractivity contribution < 1.29 is 40.2 Å². The molecule has 1 unspecified atom stereocenters. The van der Waals surface area contributed by atoms with Gasteiger partial charge in [-0.3, -0.25) is 0 Å². The fourth-order valence-electron chi connectivity index (χ4n) is 1.37. The zero-order chi connectivity index (χ0) is 15.8. The molecule has 20 heavy (non-hydrogen) atoms. The molecule has 0 amide bonds. The van der Waals surface area contributed by atoms with Gasteiger partial charge in [-0.2, -0.15) is 35.1 Å². The Bertz CT molecular complexity index is 445. The minimum Gasteiger partial charge on any atom is -0.388 e. The van der Waals surface area contributed by atoms with E-state index in [1.807, 2.05) is 0 Å². The normalized spacial score (nSPS) is 15.2. The van der Waals surface area contributed by atoms with Crippen LogP contribution in [0.3, 0.4) is 0 Å². The molecule has 0 radical (unpaired) electrons. The molecule has 0 fully saturated rings. The molecular weight excluding hydrogens is 300 g/mol. The van der Waals surface area contributed by atoms with E-state index >= 15 is 0 Å². The van der Waals surface area contributed by atoms with E-state index in [-0.39, 0.29) is 0 Å². The molecular formula is C11H8F8O. The average molecular weight is 308 g/mol. The zero-order valence-corrected chi connectivity index (χ0v) is 9.56. The molecule has 0 aliphatic carbocycles. The summed E-state index contributed by atoms with van der Waals surface area (Å²) in [6, 6.07) is 2.29. The van der Waals surface area contributed by atoms with E-state index in [1.54, 1.807) is 0 Å². The highest BCUT2D eigenvalue weighted by Crippen LogP contribution is 2.41. The topological polar surface area (TPSA) is 20.2 Å². The third kappa shape index (κ3) is 3.81. The van der Waals surface area contributed by atoms with Gasteiger partial charge < -0.3 is 5.11 Å². The van der Waals surface area contributed by atoms with Gasteiger partial charge in [0.05, 0.1) is 18.1 Å². The molecule has 1 rings (SSSR count). The van der Waals surface area contributed by atoms with Gasteiger partial charge in [-0.1, -0.05) is 12.1 Å². The summed E-state index contributed by atoms with van der Waals surface area (Å²) in [5.41, 5.74) is -1.56. The minimum absolute atomic E-state index is 0.457. The Balaban J connectivity index is 2.87. The van der Waals surface area contributed by atoms with Crippen LogP contribution in [0, 0.1) is 0 Å². The van der Waals surface area contributed by atoms with Crippen molar-refractivity contribution >= 4 is 0 Å². The van der Waals surface area contributed by atoms with Crippen molar-refractivity contribution in [1.29, 1.82) is 0 Å². The second kappa shape index (κ2) is 5.19. The lowest BCUT2D eigenvalue weighted by Crippen LogP contribution is -2.37. The molecule has 1 nitrogen and oxygen atoms in total. The van der Waals surface area contributed by atoms with Crippen LogP contribution in [0.2, 0.25) is 0 Å². The first-order valence-corrected chi connectivity index (χ1v) is 5.14. The van der Waals surface area contributed by atoms with Crippen LogP contribution in [-0.4, -0.2) is 17.2 Å². The first-order chi connectivity index (χ1) is 8.84. The van der Waals surface area contributed by atoms with Crippen molar-refractivity contribution in [2.75, 3.05) is 0 Å². The second-order valence-corrected chi connectivity index (χ2v) is 4.04. The third-order valence-corrected chi connectivity index (χ3v) is 2.49. The Hall–Kier alpha value is -1.38. The van der Waals surface area contributed by atoms with Crippen LogP contribution in [0.4, 0.5) is 35.1 Å². The summed E-state index contributed by atoms with van der Waals surface area (Å²) in [4.78, 5) is 0. The molecule has 1 aromatic rings. The fraction of sp³-hybridized carbons (Fsp3) is 0.455. The van der Waals surface area contributed by atoms with Crippen molar-refractivity contribution in [2.45, 2.75) is 30.8 Å². The maximum atomic E-state index is 12.7. The van der Waals surface area contributed by atoms with Gasteiger partial charge in [-0.25, -0.2) is 0 Å². The van der Waals surface area contributed by atoms with E-state index in [0.717, 1.165) is 0 Å². The maximum absolute atomic E-state index is 12.7. The number of aliphatic hydroxyl groups is 1. The zero-order valence-electron chi connectivity index (χ0n) is 9.56. The summed E-state index contributed by atoms with van der Waals surface area (Å²) in [7, 11) is 0. The van der Waals surface area contributed by atoms with E-state index < -0.39 is 41.9 Å². The van der Waals surface area contributed by atoms with Crippen LogP contribution in [0.5, 0.6) is 0 Å². The molecule has 0 aliphatic rings. The van der Waals surface area contributed by atoms with Crippen molar-refractivity contribution in [3.05, 3.63) is 35.4 Å². The van der Waals surface area contributed by atoms with Gasteiger partial charge in [0, 0.05) is 0 Å². The van der Waals surface area contributed by atoms with Gasteiger partial charge in [0.1, 0.15) is 0 Å². The van der Waals surface area contributed by atoms with Crippen molar-refractivity contribution in [2.24, 2.45) is 0 Å². The van der Waals surface area contributed by atoms with Gasteiger partial charge in [0.15, 0.2) is 0 Å². The summed E-state index contributed by atoms with van der Waals surface area (Å²) >= 11 is 0. The molecule has 0 aromatic heterocycles. The van der Waals surface area contributed by atoms with Crippen LogP contribution in [0.1, 0.15) is 23.7 Å². The van der Waals surface area contributed by atoms with E-state index in [2.05, 4.69) is 0 Å². The predicted molar refractivity (Wildman–Crippen MR) is 52.0 cm³/mol. The highest BCUT2D eigenvalue weighted by Gasteiger charge is 2.58. The van der Waals surface area contributed by atoms with Gasteiger partial charge in [-0.05, 0) is 17.7 Å². The number of alkyl halides is 8. The Morgan fingerprint density at radius 1 is 0.850 bits per heavy atom. The lowest BCUT2D eigenvalue weighted by Gasteiger charge is -2.22. The first-order valence-electron chi connectivity index (χ1n) is 5.14. The molecule has 0 saturated heterocycles. The third-order valence-electron chi connectivity index (χ3n) is 2.49. The molecule has 0 saturated carbocycles. The number of rotatable bonds is 3. The Labute approximate surface area is 107 Å². The number of hydrogen-bond donors (Lipinski definition) is 1. The van der Waals surface area contributed by atoms with E-state index in [0.29, 0.717) is 24.3 Å². The van der Waals surface area contributed by atoms with Gasteiger partial charge in [0.2, 0.25) is 0 Å². The number of benzene rings is 1. The molecule has 9 heteroatoms. The Morgan fingerprint density at radius 2 is 1.30 bits per heavy atom. The van der Waals surface area contributed by atoms with Crippen LogP contribution in [0.25, 0.3) is 0 Å². The summed E-state index contributed by atoms with van der Waals surface area (Å²) in [6.07, 6.45) is -14.7. The lowest BCUT2D eigenvalue weighted by molar-refractivity contribution is -0.290. The summed E-state index contributed by atoms with van der Waals surface area (Å²) in [6.45, 7) is 0. The quantitative estimate of drug-likeness (QED) is 0.824. The Kier molecular flexibility index (Phi) is 4.33. The summed E-state index contributed by atoms with van der Waals surface area (Å²) in [5, 5.41) is 9.25. The standard InChI is InChI=1S/C11H8F8O/c12-9(13,11(17,18)19)5-8(20)6-1-3-7(4-2-6)10(14,15)16/h1-4,8,20H,5H2. The van der Waals surface area contributed by atoms with Gasteiger partial charge in [0.25, 0.3) is 0 Å². The lowest BCUT2D eigenvalue weighted by atomic mass is 10.0. The molecule has 0 spiro atoms. The van der Waals surface area contributed by atoms with Crippen LogP contribution >= 0.6 is 0 Å². The average Bonchev–Trinajstić information content (AvgIpc) is 2.26. The first kappa shape index (κ1) is 16.7. The highest BCUT2D eigenvalue weighted by molar-refractivity contribution is 5.26. The molecule has 0 aliphatic heterocycles. The maximum Gasteiger partial charge on any atom is 0.453 e. The largest absolute Gasteiger partial charge is 0.453 e. The van der Waals surface area contributed by atoms with Crippen molar-refractivity contribution in [3.63, 3.8) is 0 Å². The van der Waals surface area contributed by atoms with E-state index in [4.69, 9.17) is 0 Å². The summed E-state index contributed by atoms with van der Waals surface area (Å²) < 4.78 is 97.8. The van der Waals surface area contributed by atoms with E-state index in [1.165, 1.54) is 0 Å². The molecule has 1 atom stereocenters. The van der Waals surface area contributed by atoms with Gasteiger partial charge in [-0.15, -0.1) is 0 Å². The van der Waals surface area contributed by atoms with Crippen LogP contribution in [0.15, 0.2) is 24.3 Å². The Morgan fingerprint density at radius 3 is 1.65 bits per heavy atom. The molecule has 0 heterocycles. The van der Waals surface area contributed by atoms with Crippen LogP contribution in [-0.2, 0) is 6.18 Å². The number of aliphatic hydroxyl groups excluding tert-OH is 1. The molecule has 1 N–H and O–H groups in total. The molecule has 1 aromatic carbocycles. The van der Waals surface area contributed by atoms with Crippen LogP contribution < -0.4 is 0 Å².